The van der Waals surface area contributed by atoms with Crippen molar-refractivity contribution in [2.45, 2.75) is 31.7 Å². The van der Waals surface area contributed by atoms with Gasteiger partial charge in [-0.25, -0.2) is 0 Å². The summed E-state index contributed by atoms with van der Waals surface area (Å²) in [7, 11) is 0. The lowest BCUT2D eigenvalue weighted by Crippen LogP contribution is -2.51. The summed E-state index contributed by atoms with van der Waals surface area (Å²) in [4.78, 5) is 0. The van der Waals surface area contributed by atoms with Crippen molar-refractivity contribution in [3.05, 3.63) is 34.3 Å². The number of hydrogen-bond acceptors (Lipinski definition) is 2. The second kappa shape index (κ2) is 4.95. The summed E-state index contributed by atoms with van der Waals surface area (Å²) >= 11 is 3.65. The zero-order valence-corrected chi connectivity index (χ0v) is 12.4. The van der Waals surface area contributed by atoms with Crippen LogP contribution in [-0.4, -0.2) is 25.8 Å². The van der Waals surface area contributed by atoms with Crippen molar-refractivity contribution >= 4 is 15.9 Å². The summed E-state index contributed by atoms with van der Waals surface area (Å²) in [5.74, 6) is 0.725. The minimum Gasteiger partial charge on any atom is -0.380 e. The lowest BCUT2D eigenvalue weighted by atomic mass is 9.75. The quantitative estimate of drug-likeness (QED) is 0.921. The van der Waals surface area contributed by atoms with Gasteiger partial charge in [0.15, 0.2) is 0 Å². The van der Waals surface area contributed by atoms with E-state index in [2.05, 4.69) is 52.4 Å². The van der Waals surface area contributed by atoms with Crippen LogP contribution in [0.3, 0.4) is 0 Å². The number of rotatable bonds is 4. The average molecular weight is 310 g/mol. The highest BCUT2D eigenvalue weighted by atomic mass is 79.9. The maximum Gasteiger partial charge on any atom is 0.0554 e. The van der Waals surface area contributed by atoms with E-state index in [1.165, 1.54) is 22.9 Å². The Bertz CT molecular complexity index is 424. The number of nitrogens with one attached hydrogen (secondary N) is 1. The van der Waals surface area contributed by atoms with Crippen molar-refractivity contribution in [3.63, 3.8) is 0 Å². The van der Waals surface area contributed by atoms with E-state index in [9.17, 15) is 0 Å². The smallest absolute Gasteiger partial charge is 0.0554 e. The van der Waals surface area contributed by atoms with Gasteiger partial charge in [-0.05, 0) is 30.4 Å². The molecule has 1 saturated heterocycles. The molecule has 3 rings (SSSR count). The first kappa shape index (κ1) is 12.6. The monoisotopic (exact) mass is 309 g/mol. The van der Waals surface area contributed by atoms with Crippen molar-refractivity contribution in [3.8, 4) is 0 Å². The van der Waals surface area contributed by atoms with Crippen molar-refractivity contribution < 1.29 is 4.74 Å². The van der Waals surface area contributed by atoms with Crippen LogP contribution < -0.4 is 5.32 Å². The maximum absolute atomic E-state index is 5.28. The zero-order chi connectivity index (χ0) is 12.6. The second-order valence-corrected chi connectivity index (χ2v) is 6.93. The molecule has 0 bridgehead atoms. The van der Waals surface area contributed by atoms with E-state index in [1.807, 2.05) is 0 Å². The molecule has 0 radical (unpaired) electrons. The first-order chi connectivity index (χ1) is 8.66. The van der Waals surface area contributed by atoms with E-state index < -0.39 is 0 Å². The van der Waals surface area contributed by atoms with Crippen LogP contribution in [0.1, 0.15) is 31.2 Å². The Labute approximate surface area is 117 Å². The lowest BCUT2D eigenvalue weighted by Gasteiger charge is -2.43. The SMILES string of the molecule is CC1(CNC2CC(c3ccccc3Br)C2)COC1. The number of hydrogen-bond donors (Lipinski definition) is 1. The van der Waals surface area contributed by atoms with E-state index in [1.54, 1.807) is 0 Å². The van der Waals surface area contributed by atoms with E-state index in [0.717, 1.165) is 25.7 Å². The summed E-state index contributed by atoms with van der Waals surface area (Å²) in [6, 6.07) is 9.29. The topological polar surface area (TPSA) is 21.3 Å². The molecule has 1 heterocycles. The van der Waals surface area contributed by atoms with Gasteiger partial charge in [-0.2, -0.15) is 0 Å². The highest BCUT2D eigenvalue weighted by molar-refractivity contribution is 9.10. The summed E-state index contributed by atoms with van der Waals surface area (Å²) in [5.41, 5.74) is 1.85. The van der Waals surface area contributed by atoms with Gasteiger partial charge < -0.3 is 10.1 Å². The average Bonchev–Trinajstić information content (AvgIpc) is 2.27. The third-order valence-electron chi connectivity index (χ3n) is 4.20. The van der Waals surface area contributed by atoms with E-state index in [0.29, 0.717) is 11.5 Å². The molecule has 0 spiro atoms. The molecule has 18 heavy (non-hydrogen) atoms. The van der Waals surface area contributed by atoms with Crippen LogP contribution in [0.5, 0.6) is 0 Å². The van der Waals surface area contributed by atoms with Crippen LogP contribution in [0, 0.1) is 5.41 Å². The number of ether oxygens (including phenoxy) is 1. The van der Waals surface area contributed by atoms with Gasteiger partial charge in [-0.1, -0.05) is 41.1 Å². The van der Waals surface area contributed by atoms with Crippen LogP contribution in [0.25, 0.3) is 0 Å². The van der Waals surface area contributed by atoms with Gasteiger partial charge >= 0.3 is 0 Å². The fraction of sp³-hybridized carbons (Fsp3) is 0.600. The first-order valence-electron chi connectivity index (χ1n) is 6.72. The molecule has 98 valence electrons. The Morgan fingerprint density at radius 2 is 2.06 bits per heavy atom. The molecule has 2 nitrogen and oxygen atoms in total. The Balaban J connectivity index is 1.47. The van der Waals surface area contributed by atoms with E-state index in [-0.39, 0.29) is 0 Å². The van der Waals surface area contributed by atoms with Crippen LogP contribution in [-0.2, 0) is 4.74 Å². The standard InChI is InChI=1S/C15H20BrNO/c1-15(9-18-10-15)8-17-12-6-11(7-12)13-4-2-3-5-14(13)16/h2-5,11-12,17H,6-10H2,1H3. The molecule has 1 saturated carbocycles. The molecular formula is C15H20BrNO. The van der Waals surface area contributed by atoms with Gasteiger partial charge in [0.25, 0.3) is 0 Å². The van der Waals surface area contributed by atoms with Gasteiger partial charge in [0.2, 0.25) is 0 Å². The molecule has 1 aromatic carbocycles. The normalized spacial score (nSPS) is 29.4. The molecule has 1 aromatic rings. The van der Waals surface area contributed by atoms with Crippen LogP contribution in [0.2, 0.25) is 0 Å². The molecule has 0 unspecified atom stereocenters. The molecule has 0 amide bonds. The van der Waals surface area contributed by atoms with Gasteiger partial charge in [0.05, 0.1) is 13.2 Å². The fourth-order valence-electron chi connectivity index (χ4n) is 2.79. The summed E-state index contributed by atoms with van der Waals surface area (Å²) in [6.45, 7) is 5.23. The highest BCUT2D eigenvalue weighted by Crippen LogP contribution is 2.40. The molecule has 1 N–H and O–H groups in total. The lowest BCUT2D eigenvalue weighted by molar-refractivity contribution is -0.101. The molecule has 2 aliphatic rings. The number of benzene rings is 1. The number of halogens is 1. The van der Waals surface area contributed by atoms with Gasteiger partial charge in [-0.15, -0.1) is 0 Å². The Kier molecular flexibility index (Phi) is 3.48. The molecule has 2 fully saturated rings. The molecule has 0 atom stereocenters. The first-order valence-corrected chi connectivity index (χ1v) is 7.51. The largest absolute Gasteiger partial charge is 0.380 e. The summed E-state index contributed by atoms with van der Waals surface area (Å²) < 4.78 is 6.54. The van der Waals surface area contributed by atoms with Gasteiger partial charge in [0.1, 0.15) is 0 Å². The summed E-state index contributed by atoms with van der Waals surface area (Å²) in [5, 5.41) is 3.69. The molecular weight excluding hydrogens is 290 g/mol. The molecule has 1 aliphatic carbocycles. The second-order valence-electron chi connectivity index (χ2n) is 6.07. The van der Waals surface area contributed by atoms with Crippen molar-refractivity contribution in [1.82, 2.24) is 5.32 Å². The summed E-state index contributed by atoms with van der Waals surface area (Å²) in [6.07, 6.45) is 2.53. The molecule has 3 heteroatoms. The maximum atomic E-state index is 5.28. The van der Waals surface area contributed by atoms with Crippen molar-refractivity contribution in [2.75, 3.05) is 19.8 Å². The Morgan fingerprint density at radius 3 is 2.67 bits per heavy atom. The van der Waals surface area contributed by atoms with Crippen LogP contribution >= 0.6 is 15.9 Å². The third-order valence-corrected chi connectivity index (χ3v) is 4.92. The van der Waals surface area contributed by atoms with Crippen molar-refractivity contribution in [1.29, 1.82) is 0 Å². The minimum absolute atomic E-state index is 0.387. The Hall–Kier alpha value is -0.380. The predicted octanol–water partition coefficient (Wildman–Crippen LogP) is 3.32. The minimum atomic E-state index is 0.387. The fourth-order valence-corrected chi connectivity index (χ4v) is 3.40. The third kappa shape index (κ3) is 2.49. The predicted molar refractivity (Wildman–Crippen MR) is 76.8 cm³/mol. The van der Waals surface area contributed by atoms with Crippen molar-refractivity contribution in [2.24, 2.45) is 5.41 Å². The van der Waals surface area contributed by atoms with Crippen LogP contribution in [0.15, 0.2) is 28.7 Å². The zero-order valence-electron chi connectivity index (χ0n) is 10.8. The van der Waals surface area contributed by atoms with E-state index >= 15 is 0 Å². The van der Waals surface area contributed by atoms with Gasteiger partial charge in [-0.3, -0.25) is 0 Å². The molecule has 1 aliphatic heterocycles. The Morgan fingerprint density at radius 1 is 1.33 bits per heavy atom. The van der Waals surface area contributed by atoms with Gasteiger partial charge in [0, 0.05) is 22.5 Å². The van der Waals surface area contributed by atoms with E-state index in [4.69, 9.17) is 4.74 Å². The molecule has 0 aromatic heterocycles. The highest BCUT2D eigenvalue weighted by Gasteiger charge is 2.36. The van der Waals surface area contributed by atoms with Crippen LogP contribution in [0.4, 0.5) is 0 Å².